The molecule has 3 atom stereocenters. The molecule has 2 aromatic carbocycles. The molecular formula is C22H21F3N2O. The maximum atomic E-state index is 14.6. The van der Waals surface area contributed by atoms with E-state index in [0.29, 0.717) is 23.6 Å². The molecule has 4 saturated heterocycles. The highest BCUT2D eigenvalue weighted by atomic mass is 19.2. The van der Waals surface area contributed by atoms with Crippen molar-refractivity contribution in [3.8, 4) is 0 Å². The summed E-state index contributed by atoms with van der Waals surface area (Å²) in [6.45, 7) is 2.20. The van der Waals surface area contributed by atoms with Crippen LogP contribution in [-0.2, 0) is 0 Å². The second-order valence-electron chi connectivity index (χ2n) is 8.07. The highest BCUT2D eigenvalue weighted by Crippen LogP contribution is 2.47. The van der Waals surface area contributed by atoms with Crippen molar-refractivity contribution in [1.82, 2.24) is 9.80 Å². The summed E-state index contributed by atoms with van der Waals surface area (Å²) in [6, 6.07) is 9.80. The molecule has 4 aliphatic rings. The van der Waals surface area contributed by atoms with Gasteiger partial charge in [0.1, 0.15) is 5.82 Å². The number of hydrogen-bond acceptors (Lipinski definition) is 2. The summed E-state index contributed by atoms with van der Waals surface area (Å²) in [5, 5.41) is 0. The van der Waals surface area contributed by atoms with Gasteiger partial charge in [-0.25, -0.2) is 13.2 Å². The number of amides is 1. The predicted octanol–water partition coefficient (Wildman–Crippen LogP) is 3.81. The fourth-order valence-electron chi connectivity index (χ4n) is 5.49. The molecule has 0 saturated carbocycles. The van der Waals surface area contributed by atoms with E-state index in [1.807, 2.05) is 4.90 Å². The molecule has 4 heterocycles. The van der Waals surface area contributed by atoms with Gasteiger partial charge in [0.25, 0.3) is 5.91 Å². The molecule has 0 unspecified atom stereocenters. The van der Waals surface area contributed by atoms with Gasteiger partial charge in [0.15, 0.2) is 11.6 Å². The fourth-order valence-corrected chi connectivity index (χ4v) is 5.49. The summed E-state index contributed by atoms with van der Waals surface area (Å²) < 4.78 is 41.8. The standard InChI is InChI=1S/C22H21F3N2O/c23-15-6-4-14(5-7-15)22(28)27-12-17(16-2-1-3-18(24)19(16)25)21-20(27)13-8-10-26(21)11-9-13/h1-7,13,17,20-21H,8-12H2/t17-,20+,21+/m0/s1. The Hall–Kier alpha value is -2.34. The molecule has 1 amide bonds. The first-order valence-corrected chi connectivity index (χ1v) is 9.79. The maximum Gasteiger partial charge on any atom is 0.254 e. The van der Waals surface area contributed by atoms with E-state index in [4.69, 9.17) is 0 Å². The molecule has 4 fully saturated rings. The summed E-state index contributed by atoms with van der Waals surface area (Å²) in [5.41, 5.74) is 0.772. The van der Waals surface area contributed by atoms with Crippen LogP contribution in [0.25, 0.3) is 0 Å². The lowest BCUT2D eigenvalue weighted by Crippen LogP contribution is -2.60. The van der Waals surface area contributed by atoms with E-state index < -0.39 is 17.5 Å². The molecule has 6 heteroatoms. The van der Waals surface area contributed by atoms with Crippen LogP contribution in [-0.4, -0.2) is 47.4 Å². The molecular weight excluding hydrogens is 365 g/mol. The van der Waals surface area contributed by atoms with Gasteiger partial charge >= 0.3 is 0 Å². The van der Waals surface area contributed by atoms with Crippen molar-refractivity contribution in [2.75, 3.05) is 19.6 Å². The van der Waals surface area contributed by atoms with Gasteiger partial charge in [-0.15, -0.1) is 0 Å². The van der Waals surface area contributed by atoms with E-state index in [9.17, 15) is 18.0 Å². The Morgan fingerprint density at radius 1 is 0.929 bits per heavy atom. The zero-order chi connectivity index (χ0) is 19.4. The van der Waals surface area contributed by atoms with Gasteiger partial charge in [0.2, 0.25) is 0 Å². The molecule has 2 bridgehead atoms. The molecule has 4 aliphatic heterocycles. The van der Waals surface area contributed by atoms with Gasteiger partial charge in [-0.2, -0.15) is 0 Å². The number of nitrogens with zero attached hydrogens (tertiary/aromatic N) is 2. The molecule has 2 aromatic rings. The second kappa shape index (κ2) is 6.62. The van der Waals surface area contributed by atoms with Crippen LogP contribution in [0.4, 0.5) is 13.2 Å². The number of fused-ring (bicyclic) bond motifs is 2. The van der Waals surface area contributed by atoms with Crippen molar-refractivity contribution in [3.63, 3.8) is 0 Å². The maximum absolute atomic E-state index is 14.6. The summed E-state index contributed by atoms with van der Waals surface area (Å²) in [5.74, 6) is -2.13. The van der Waals surface area contributed by atoms with Crippen molar-refractivity contribution in [2.45, 2.75) is 30.8 Å². The lowest BCUT2D eigenvalue weighted by molar-refractivity contribution is -0.00359. The number of carbonyl (C=O) groups is 1. The molecule has 0 aromatic heterocycles. The van der Waals surface area contributed by atoms with Crippen LogP contribution < -0.4 is 0 Å². The minimum absolute atomic E-state index is 0.00630. The summed E-state index contributed by atoms with van der Waals surface area (Å²) in [6.07, 6.45) is 2.01. The average molecular weight is 386 g/mol. The van der Waals surface area contributed by atoms with Crippen LogP contribution in [0.5, 0.6) is 0 Å². The van der Waals surface area contributed by atoms with E-state index in [2.05, 4.69) is 4.90 Å². The third-order valence-electron chi connectivity index (χ3n) is 6.73. The lowest BCUT2D eigenvalue weighted by Gasteiger charge is -2.51. The van der Waals surface area contributed by atoms with Gasteiger partial charge in [-0.05, 0) is 67.7 Å². The van der Waals surface area contributed by atoms with Gasteiger partial charge in [-0.1, -0.05) is 12.1 Å². The van der Waals surface area contributed by atoms with Crippen LogP contribution in [0.15, 0.2) is 42.5 Å². The van der Waals surface area contributed by atoms with E-state index >= 15 is 0 Å². The van der Waals surface area contributed by atoms with Crippen LogP contribution >= 0.6 is 0 Å². The monoisotopic (exact) mass is 386 g/mol. The Bertz CT molecular complexity index is 908. The fraction of sp³-hybridized carbons (Fsp3) is 0.409. The van der Waals surface area contributed by atoms with Gasteiger partial charge < -0.3 is 4.90 Å². The second-order valence-corrected chi connectivity index (χ2v) is 8.07. The van der Waals surface area contributed by atoms with Crippen LogP contribution in [0.1, 0.15) is 34.7 Å². The Morgan fingerprint density at radius 3 is 2.36 bits per heavy atom. The predicted molar refractivity (Wildman–Crippen MR) is 98.4 cm³/mol. The minimum Gasteiger partial charge on any atom is -0.333 e. The molecule has 0 spiro atoms. The molecule has 3 nitrogen and oxygen atoms in total. The molecule has 28 heavy (non-hydrogen) atoms. The van der Waals surface area contributed by atoms with Gasteiger partial charge in [-0.3, -0.25) is 9.69 Å². The zero-order valence-electron chi connectivity index (χ0n) is 15.3. The van der Waals surface area contributed by atoms with Crippen molar-refractivity contribution >= 4 is 5.91 Å². The zero-order valence-corrected chi connectivity index (χ0v) is 15.3. The van der Waals surface area contributed by atoms with Crippen LogP contribution in [0.2, 0.25) is 0 Å². The first kappa shape index (κ1) is 17.7. The number of halogens is 3. The number of carbonyl (C=O) groups excluding carboxylic acids is 1. The SMILES string of the molecule is O=C(c1ccc(F)cc1)N1C[C@@H](c2cccc(F)c2F)[C@@H]2[C@H]1C1CCN2CC1. The number of rotatable bonds is 2. The molecule has 146 valence electrons. The average Bonchev–Trinajstić information content (AvgIpc) is 3.14. The Labute approximate surface area is 161 Å². The van der Waals surface area contributed by atoms with Crippen LogP contribution in [0, 0.1) is 23.4 Å². The normalized spacial score (nSPS) is 31.1. The van der Waals surface area contributed by atoms with Crippen molar-refractivity contribution in [2.24, 2.45) is 5.92 Å². The number of likely N-dealkylation sites (tertiary alicyclic amines) is 1. The highest BCUT2D eigenvalue weighted by molar-refractivity contribution is 5.94. The van der Waals surface area contributed by atoms with Crippen molar-refractivity contribution in [1.29, 1.82) is 0 Å². The Kier molecular flexibility index (Phi) is 4.19. The first-order chi connectivity index (χ1) is 13.5. The largest absolute Gasteiger partial charge is 0.333 e. The third kappa shape index (κ3) is 2.65. The molecule has 6 rings (SSSR count). The van der Waals surface area contributed by atoms with E-state index in [0.717, 1.165) is 32.0 Å². The van der Waals surface area contributed by atoms with E-state index in [-0.39, 0.29) is 23.9 Å². The lowest BCUT2D eigenvalue weighted by atomic mass is 9.75. The Morgan fingerprint density at radius 2 is 1.64 bits per heavy atom. The summed E-state index contributed by atoms with van der Waals surface area (Å²) in [4.78, 5) is 17.4. The topological polar surface area (TPSA) is 23.6 Å². The van der Waals surface area contributed by atoms with E-state index in [1.54, 1.807) is 6.07 Å². The number of piperidine rings is 3. The summed E-state index contributed by atoms with van der Waals surface area (Å²) >= 11 is 0. The smallest absolute Gasteiger partial charge is 0.254 e. The number of hydrogen-bond donors (Lipinski definition) is 0. The Balaban J connectivity index is 1.55. The van der Waals surface area contributed by atoms with E-state index in [1.165, 1.54) is 30.3 Å². The molecule has 0 aliphatic carbocycles. The van der Waals surface area contributed by atoms with Gasteiger partial charge in [0.05, 0.1) is 6.04 Å². The molecule has 0 N–H and O–H groups in total. The first-order valence-electron chi connectivity index (χ1n) is 9.79. The quantitative estimate of drug-likeness (QED) is 0.784. The van der Waals surface area contributed by atoms with Crippen LogP contribution in [0.3, 0.4) is 0 Å². The minimum atomic E-state index is -0.853. The van der Waals surface area contributed by atoms with Gasteiger partial charge in [0, 0.05) is 24.1 Å². The number of benzene rings is 2. The van der Waals surface area contributed by atoms with Crippen molar-refractivity contribution < 1.29 is 18.0 Å². The van der Waals surface area contributed by atoms with Crippen molar-refractivity contribution in [3.05, 3.63) is 71.0 Å². The third-order valence-corrected chi connectivity index (χ3v) is 6.73. The molecule has 0 radical (unpaired) electrons. The highest BCUT2D eigenvalue weighted by Gasteiger charge is 2.55. The summed E-state index contributed by atoms with van der Waals surface area (Å²) in [7, 11) is 0.